The Morgan fingerprint density at radius 1 is 1.12 bits per heavy atom. The van der Waals surface area contributed by atoms with Gasteiger partial charge in [0, 0.05) is 39.1 Å². The summed E-state index contributed by atoms with van der Waals surface area (Å²) in [7, 11) is 1.62. The second-order valence-electron chi connectivity index (χ2n) is 7.55. The SMILES string of the molecule is COc1ccc2c(c1)c(C(=O)c1csc(-c3ccnnc3)n1)c(C)n2Cc1ccc(Cl)cc1. The van der Waals surface area contributed by atoms with Gasteiger partial charge in [-0.1, -0.05) is 23.7 Å². The molecule has 0 N–H and O–H groups in total. The summed E-state index contributed by atoms with van der Waals surface area (Å²) < 4.78 is 7.59. The van der Waals surface area contributed by atoms with E-state index < -0.39 is 0 Å². The van der Waals surface area contributed by atoms with Crippen molar-refractivity contribution < 1.29 is 9.53 Å². The fourth-order valence-corrected chi connectivity index (χ4v) is 4.82. The van der Waals surface area contributed by atoms with Gasteiger partial charge < -0.3 is 9.30 Å². The third-order valence-corrected chi connectivity index (χ3v) is 6.72. The number of hydrogen-bond acceptors (Lipinski definition) is 6. The Morgan fingerprint density at radius 2 is 1.94 bits per heavy atom. The number of carbonyl (C=O) groups is 1. The molecule has 0 aliphatic heterocycles. The van der Waals surface area contributed by atoms with Gasteiger partial charge in [0.1, 0.15) is 16.5 Å². The number of benzene rings is 2. The molecular weight excluding hydrogens is 456 g/mol. The molecule has 0 saturated heterocycles. The summed E-state index contributed by atoms with van der Waals surface area (Å²) in [6, 6.07) is 15.4. The van der Waals surface area contributed by atoms with Gasteiger partial charge in [-0.25, -0.2) is 4.98 Å². The Morgan fingerprint density at radius 3 is 2.67 bits per heavy atom. The van der Waals surface area contributed by atoms with Crippen molar-refractivity contribution in [1.82, 2.24) is 19.7 Å². The Bertz CT molecular complexity index is 1460. The number of carbonyl (C=O) groups excluding carboxylic acids is 1. The van der Waals surface area contributed by atoms with E-state index in [0.29, 0.717) is 28.6 Å². The van der Waals surface area contributed by atoms with Gasteiger partial charge in [0.15, 0.2) is 0 Å². The summed E-state index contributed by atoms with van der Waals surface area (Å²) in [5.41, 5.74) is 4.79. The van der Waals surface area contributed by atoms with Gasteiger partial charge in [-0.3, -0.25) is 4.79 Å². The summed E-state index contributed by atoms with van der Waals surface area (Å²) in [6.45, 7) is 2.58. The second kappa shape index (κ2) is 8.77. The maximum atomic E-state index is 13.7. The van der Waals surface area contributed by atoms with Crippen molar-refractivity contribution in [2.45, 2.75) is 13.5 Å². The van der Waals surface area contributed by atoms with Crippen molar-refractivity contribution in [3.63, 3.8) is 0 Å². The first-order chi connectivity index (χ1) is 16.0. The molecule has 0 saturated carbocycles. The summed E-state index contributed by atoms with van der Waals surface area (Å²) in [4.78, 5) is 18.3. The van der Waals surface area contributed by atoms with Crippen molar-refractivity contribution in [3.05, 3.63) is 93.8 Å². The van der Waals surface area contributed by atoms with Crippen LogP contribution in [0.3, 0.4) is 0 Å². The molecule has 0 spiro atoms. The van der Waals surface area contributed by atoms with Crippen LogP contribution in [0.4, 0.5) is 0 Å². The van der Waals surface area contributed by atoms with E-state index in [9.17, 15) is 4.79 Å². The van der Waals surface area contributed by atoms with Gasteiger partial charge in [-0.05, 0) is 48.9 Å². The van der Waals surface area contributed by atoms with E-state index in [-0.39, 0.29) is 5.78 Å². The van der Waals surface area contributed by atoms with E-state index in [1.165, 1.54) is 11.3 Å². The van der Waals surface area contributed by atoms with Gasteiger partial charge in [0.2, 0.25) is 5.78 Å². The van der Waals surface area contributed by atoms with E-state index in [2.05, 4.69) is 19.7 Å². The van der Waals surface area contributed by atoms with Crippen LogP contribution in [0.15, 0.2) is 66.3 Å². The number of hydrogen-bond donors (Lipinski definition) is 0. The number of ether oxygens (including phenoxy) is 1. The molecule has 2 aromatic carbocycles. The van der Waals surface area contributed by atoms with E-state index in [0.717, 1.165) is 32.7 Å². The molecule has 8 heteroatoms. The molecule has 3 heterocycles. The molecule has 33 heavy (non-hydrogen) atoms. The van der Waals surface area contributed by atoms with Crippen LogP contribution in [0.2, 0.25) is 5.02 Å². The number of aromatic nitrogens is 4. The van der Waals surface area contributed by atoms with Gasteiger partial charge in [0.05, 0.1) is 25.1 Å². The number of thiazole rings is 1. The first-order valence-electron chi connectivity index (χ1n) is 10.2. The minimum atomic E-state index is -0.120. The zero-order chi connectivity index (χ0) is 22.9. The van der Waals surface area contributed by atoms with Crippen molar-refractivity contribution in [3.8, 4) is 16.3 Å². The van der Waals surface area contributed by atoms with Gasteiger partial charge >= 0.3 is 0 Å². The number of halogens is 1. The smallest absolute Gasteiger partial charge is 0.214 e. The molecule has 5 rings (SSSR count). The molecule has 0 aliphatic carbocycles. The van der Waals surface area contributed by atoms with Crippen molar-refractivity contribution in [1.29, 1.82) is 0 Å². The Balaban J connectivity index is 1.61. The molecule has 0 radical (unpaired) electrons. The summed E-state index contributed by atoms with van der Waals surface area (Å²) >= 11 is 7.47. The fraction of sp³-hybridized carbons (Fsp3) is 0.120. The molecule has 0 unspecified atom stereocenters. The highest BCUT2D eigenvalue weighted by molar-refractivity contribution is 7.13. The van der Waals surface area contributed by atoms with Gasteiger partial charge in [0.25, 0.3) is 0 Å². The number of rotatable bonds is 6. The molecule has 164 valence electrons. The van der Waals surface area contributed by atoms with Crippen LogP contribution < -0.4 is 4.74 Å². The molecule has 6 nitrogen and oxygen atoms in total. The first-order valence-corrected chi connectivity index (χ1v) is 11.5. The quantitative estimate of drug-likeness (QED) is 0.291. The molecule has 0 amide bonds. The highest BCUT2D eigenvalue weighted by Gasteiger charge is 2.24. The van der Waals surface area contributed by atoms with Gasteiger partial charge in [-0.15, -0.1) is 11.3 Å². The Kier molecular flexibility index (Phi) is 5.66. The predicted octanol–water partition coefficient (Wildman–Crippen LogP) is 5.80. The predicted molar refractivity (Wildman–Crippen MR) is 130 cm³/mol. The minimum Gasteiger partial charge on any atom is -0.497 e. The number of fused-ring (bicyclic) bond motifs is 1. The molecule has 0 bridgehead atoms. The molecule has 0 fully saturated rings. The number of nitrogens with zero attached hydrogens (tertiary/aromatic N) is 4. The van der Waals surface area contributed by atoms with Crippen LogP contribution in [0.1, 0.15) is 27.3 Å². The van der Waals surface area contributed by atoms with Gasteiger partial charge in [-0.2, -0.15) is 10.2 Å². The average molecular weight is 475 g/mol. The lowest BCUT2D eigenvalue weighted by molar-refractivity contribution is 0.103. The topological polar surface area (TPSA) is 69.9 Å². The van der Waals surface area contributed by atoms with E-state index in [1.807, 2.05) is 55.5 Å². The zero-order valence-corrected chi connectivity index (χ0v) is 19.5. The zero-order valence-electron chi connectivity index (χ0n) is 17.9. The van der Waals surface area contributed by atoms with Crippen molar-refractivity contribution >= 4 is 39.6 Å². The normalized spacial score (nSPS) is 11.1. The third kappa shape index (κ3) is 4.01. The molecule has 3 aromatic heterocycles. The third-order valence-electron chi connectivity index (χ3n) is 5.58. The second-order valence-corrected chi connectivity index (χ2v) is 8.85. The summed E-state index contributed by atoms with van der Waals surface area (Å²) in [5.74, 6) is 0.576. The summed E-state index contributed by atoms with van der Waals surface area (Å²) in [6.07, 6.45) is 3.25. The Hall–Kier alpha value is -3.55. The van der Waals surface area contributed by atoms with Crippen LogP contribution in [0, 0.1) is 6.92 Å². The molecule has 5 aromatic rings. The lowest BCUT2D eigenvalue weighted by Gasteiger charge is -2.09. The van der Waals surface area contributed by atoms with Crippen molar-refractivity contribution in [2.24, 2.45) is 0 Å². The lowest BCUT2D eigenvalue weighted by atomic mass is 10.0. The molecule has 0 aliphatic rings. The first kappa shape index (κ1) is 21.3. The van der Waals surface area contributed by atoms with E-state index >= 15 is 0 Å². The largest absolute Gasteiger partial charge is 0.497 e. The average Bonchev–Trinajstić information content (AvgIpc) is 3.44. The summed E-state index contributed by atoms with van der Waals surface area (Å²) in [5, 5.41) is 11.8. The van der Waals surface area contributed by atoms with E-state index in [1.54, 1.807) is 24.9 Å². The van der Waals surface area contributed by atoms with E-state index in [4.69, 9.17) is 16.3 Å². The van der Waals surface area contributed by atoms with Crippen LogP contribution >= 0.6 is 22.9 Å². The number of ketones is 1. The maximum absolute atomic E-state index is 13.7. The van der Waals surface area contributed by atoms with Crippen LogP contribution in [0.5, 0.6) is 5.75 Å². The lowest BCUT2D eigenvalue weighted by Crippen LogP contribution is -2.06. The van der Waals surface area contributed by atoms with Crippen LogP contribution in [-0.2, 0) is 6.54 Å². The van der Waals surface area contributed by atoms with Crippen LogP contribution in [0.25, 0.3) is 21.5 Å². The monoisotopic (exact) mass is 474 g/mol. The highest BCUT2D eigenvalue weighted by Crippen LogP contribution is 2.33. The molecular formula is C25H19ClN4O2S. The van der Waals surface area contributed by atoms with Crippen molar-refractivity contribution in [2.75, 3.05) is 7.11 Å². The molecule has 0 atom stereocenters. The van der Waals surface area contributed by atoms with Crippen LogP contribution in [-0.4, -0.2) is 32.6 Å². The highest BCUT2D eigenvalue weighted by atomic mass is 35.5. The Labute approximate surface area is 199 Å². The standard InChI is InChI=1S/C25H19ClN4O2S/c1-15-23(24(31)21-14-33-25(29-21)17-9-10-27-28-12-17)20-11-19(32-2)7-8-22(20)30(15)13-16-3-5-18(26)6-4-16/h3-12,14H,13H2,1-2H3. The maximum Gasteiger partial charge on any atom is 0.214 e. The number of methoxy groups -OCH3 is 1. The fourth-order valence-electron chi connectivity index (χ4n) is 3.91. The minimum absolute atomic E-state index is 0.120.